The molecule has 0 aromatic heterocycles. The van der Waals surface area contributed by atoms with Gasteiger partial charge in [-0.1, -0.05) is 32.9 Å². The van der Waals surface area contributed by atoms with Gasteiger partial charge >= 0.3 is 6.03 Å². The first-order valence-corrected chi connectivity index (χ1v) is 10.9. The highest BCUT2D eigenvalue weighted by atomic mass is 32.2. The van der Waals surface area contributed by atoms with Crippen molar-refractivity contribution < 1.29 is 13.2 Å². The zero-order valence-electron chi connectivity index (χ0n) is 16.2. The SMILES string of the molecule is CC[C@@H](C)S(=O)(=O)N1CCC(NC(=O)Nc2ccc(C(C)C)cc2)CC1. The maximum absolute atomic E-state index is 12.4. The molecule has 0 aliphatic carbocycles. The van der Waals surface area contributed by atoms with Gasteiger partial charge in [0.15, 0.2) is 0 Å². The van der Waals surface area contributed by atoms with Gasteiger partial charge in [0.1, 0.15) is 0 Å². The zero-order chi connectivity index (χ0) is 19.3. The molecule has 7 heteroatoms. The number of hydrogen-bond acceptors (Lipinski definition) is 3. The van der Waals surface area contributed by atoms with Crippen LogP contribution in [0.3, 0.4) is 0 Å². The molecule has 2 rings (SSSR count). The Balaban J connectivity index is 1.82. The normalized spacial score (nSPS) is 17.9. The van der Waals surface area contributed by atoms with Gasteiger partial charge in [0, 0.05) is 24.8 Å². The van der Waals surface area contributed by atoms with Crippen LogP contribution >= 0.6 is 0 Å². The van der Waals surface area contributed by atoms with Gasteiger partial charge in [0.25, 0.3) is 0 Å². The number of sulfonamides is 1. The van der Waals surface area contributed by atoms with E-state index in [1.165, 1.54) is 5.56 Å². The molecule has 0 spiro atoms. The number of nitrogens with one attached hydrogen (secondary N) is 2. The highest BCUT2D eigenvalue weighted by Gasteiger charge is 2.31. The third-order valence-electron chi connectivity index (χ3n) is 5.07. The summed E-state index contributed by atoms with van der Waals surface area (Å²) < 4.78 is 26.3. The van der Waals surface area contributed by atoms with Gasteiger partial charge < -0.3 is 10.6 Å². The molecule has 26 heavy (non-hydrogen) atoms. The fourth-order valence-electron chi connectivity index (χ4n) is 3.02. The van der Waals surface area contributed by atoms with E-state index in [9.17, 15) is 13.2 Å². The number of carbonyl (C=O) groups excluding carboxylic acids is 1. The number of carbonyl (C=O) groups is 1. The molecule has 1 aliphatic rings. The number of rotatable bonds is 6. The average molecular weight is 382 g/mol. The van der Waals surface area contributed by atoms with Crippen molar-refractivity contribution in [1.29, 1.82) is 0 Å². The Morgan fingerprint density at radius 2 is 1.73 bits per heavy atom. The van der Waals surface area contributed by atoms with Crippen LogP contribution in [0.4, 0.5) is 10.5 Å². The van der Waals surface area contributed by atoms with Crippen LogP contribution < -0.4 is 10.6 Å². The van der Waals surface area contributed by atoms with E-state index in [1.54, 1.807) is 11.2 Å². The number of benzene rings is 1. The lowest BCUT2D eigenvalue weighted by molar-refractivity contribution is 0.238. The maximum atomic E-state index is 12.4. The summed E-state index contributed by atoms with van der Waals surface area (Å²) in [6.45, 7) is 8.81. The van der Waals surface area contributed by atoms with Crippen LogP contribution in [0, 0.1) is 0 Å². The van der Waals surface area contributed by atoms with E-state index < -0.39 is 10.0 Å². The van der Waals surface area contributed by atoms with Crippen LogP contribution in [-0.4, -0.2) is 43.1 Å². The Bertz CT molecular complexity index is 693. The third-order valence-corrected chi connectivity index (χ3v) is 7.50. The Hall–Kier alpha value is -1.60. The Labute approximate surface area is 157 Å². The first kappa shape index (κ1) is 20.7. The fraction of sp³-hybridized carbons (Fsp3) is 0.632. The minimum Gasteiger partial charge on any atom is -0.335 e. The van der Waals surface area contributed by atoms with Gasteiger partial charge in [-0.2, -0.15) is 0 Å². The molecular weight excluding hydrogens is 350 g/mol. The summed E-state index contributed by atoms with van der Waals surface area (Å²) >= 11 is 0. The van der Waals surface area contributed by atoms with Gasteiger partial charge in [-0.05, 0) is 49.8 Å². The standard InChI is InChI=1S/C19H31N3O3S/c1-5-15(4)26(24,25)22-12-10-18(11-13-22)21-19(23)20-17-8-6-16(7-9-17)14(2)3/h6-9,14-15,18H,5,10-13H2,1-4H3,(H2,20,21,23)/t15-/m1/s1. The smallest absolute Gasteiger partial charge is 0.319 e. The average Bonchev–Trinajstić information content (AvgIpc) is 2.61. The van der Waals surface area contributed by atoms with Gasteiger partial charge in [-0.15, -0.1) is 0 Å². The molecule has 1 aromatic rings. The summed E-state index contributed by atoms with van der Waals surface area (Å²) in [7, 11) is -3.22. The molecule has 6 nitrogen and oxygen atoms in total. The van der Waals surface area contributed by atoms with E-state index in [4.69, 9.17) is 0 Å². The van der Waals surface area contributed by atoms with Crippen molar-refractivity contribution in [2.24, 2.45) is 0 Å². The summed E-state index contributed by atoms with van der Waals surface area (Å²) in [4.78, 5) is 12.2. The van der Waals surface area contributed by atoms with Gasteiger partial charge in [0.2, 0.25) is 10.0 Å². The van der Waals surface area contributed by atoms with Crippen molar-refractivity contribution in [2.75, 3.05) is 18.4 Å². The molecule has 1 aromatic carbocycles. The molecule has 146 valence electrons. The topological polar surface area (TPSA) is 78.5 Å². The van der Waals surface area contributed by atoms with Crippen molar-refractivity contribution in [3.8, 4) is 0 Å². The molecule has 0 unspecified atom stereocenters. The lowest BCUT2D eigenvalue weighted by Gasteiger charge is -2.33. The zero-order valence-corrected chi connectivity index (χ0v) is 17.0. The maximum Gasteiger partial charge on any atom is 0.319 e. The molecule has 2 N–H and O–H groups in total. The van der Waals surface area contributed by atoms with Gasteiger partial charge in [0.05, 0.1) is 5.25 Å². The van der Waals surface area contributed by atoms with Crippen LogP contribution in [-0.2, 0) is 10.0 Å². The van der Waals surface area contributed by atoms with Crippen molar-refractivity contribution >= 4 is 21.7 Å². The highest BCUT2D eigenvalue weighted by molar-refractivity contribution is 7.89. The lowest BCUT2D eigenvalue weighted by atomic mass is 10.0. The molecule has 2 amide bonds. The molecule has 0 bridgehead atoms. The molecule has 1 fully saturated rings. The van der Waals surface area contributed by atoms with Crippen molar-refractivity contribution in [2.45, 2.75) is 64.2 Å². The Kier molecular flexibility index (Phi) is 7.06. The molecule has 1 atom stereocenters. The molecule has 1 aliphatic heterocycles. The van der Waals surface area contributed by atoms with E-state index in [0.29, 0.717) is 38.3 Å². The van der Waals surface area contributed by atoms with Crippen LogP contribution in [0.1, 0.15) is 58.4 Å². The monoisotopic (exact) mass is 381 g/mol. The van der Waals surface area contributed by atoms with Crippen LogP contribution in [0.5, 0.6) is 0 Å². The summed E-state index contributed by atoms with van der Waals surface area (Å²) in [6, 6.07) is 7.57. The molecular formula is C19H31N3O3S. The second kappa shape index (κ2) is 8.86. The highest BCUT2D eigenvalue weighted by Crippen LogP contribution is 2.20. The van der Waals surface area contributed by atoms with Gasteiger partial charge in [-0.25, -0.2) is 17.5 Å². The van der Waals surface area contributed by atoms with E-state index in [0.717, 1.165) is 5.69 Å². The molecule has 1 heterocycles. The second-order valence-corrected chi connectivity index (χ2v) is 9.66. The Morgan fingerprint density at radius 3 is 2.23 bits per heavy atom. The van der Waals surface area contributed by atoms with E-state index in [2.05, 4.69) is 24.5 Å². The predicted molar refractivity (Wildman–Crippen MR) is 106 cm³/mol. The number of piperidine rings is 1. The third kappa shape index (κ3) is 5.20. The molecule has 0 radical (unpaired) electrons. The summed E-state index contributed by atoms with van der Waals surface area (Å²) in [5.41, 5.74) is 1.98. The summed E-state index contributed by atoms with van der Waals surface area (Å²) in [5, 5.41) is 5.43. The van der Waals surface area contributed by atoms with E-state index in [1.807, 2.05) is 31.2 Å². The second-order valence-electron chi connectivity index (χ2n) is 7.31. The first-order chi connectivity index (χ1) is 12.2. The minimum absolute atomic E-state index is 0.00619. The first-order valence-electron chi connectivity index (χ1n) is 9.40. The number of nitrogens with zero attached hydrogens (tertiary/aromatic N) is 1. The van der Waals surface area contributed by atoms with Crippen molar-refractivity contribution in [3.05, 3.63) is 29.8 Å². The lowest BCUT2D eigenvalue weighted by Crippen LogP contribution is -2.49. The molecule has 0 saturated carbocycles. The summed E-state index contributed by atoms with van der Waals surface area (Å²) in [6.07, 6.45) is 1.88. The number of anilines is 1. The van der Waals surface area contributed by atoms with E-state index in [-0.39, 0.29) is 17.3 Å². The fourth-order valence-corrected chi connectivity index (χ4v) is 4.67. The number of hydrogen-bond donors (Lipinski definition) is 2. The van der Waals surface area contributed by atoms with Crippen molar-refractivity contribution in [3.63, 3.8) is 0 Å². The van der Waals surface area contributed by atoms with Crippen LogP contribution in [0.2, 0.25) is 0 Å². The molecule has 1 saturated heterocycles. The number of urea groups is 1. The van der Waals surface area contributed by atoms with Gasteiger partial charge in [-0.3, -0.25) is 0 Å². The number of amides is 2. The summed E-state index contributed by atoms with van der Waals surface area (Å²) in [5.74, 6) is 0.453. The predicted octanol–water partition coefficient (Wildman–Crippen LogP) is 3.52. The largest absolute Gasteiger partial charge is 0.335 e. The quantitative estimate of drug-likeness (QED) is 0.791. The van der Waals surface area contributed by atoms with E-state index >= 15 is 0 Å². The van der Waals surface area contributed by atoms with Crippen molar-refractivity contribution in [1.82, 2.24) is 9.62 Å². The minimum atomic E-state index is -3.22. The van der Waals surface area contributed by atoms with Crippen LogP contribution in [0.15, 0.2) is 24.3 Å². The van der Waals surface area contributed by atoms with Crippen LogP contribution in [0.25, 0.3) is 0 Å². The Morgan fingerprint density at radius 1 is 1.15 bits per heavy atom.